The molecule has 3 rings (SSSR count). The van der Waals surface area contributed by atoms with Crippen molar-refractivity contribution in [3.05, 3.63) is 120 Å². The van der Waals surface area contributed by atoms with E-state index in [4.69, 9.17) is 9.16 Å². The van der Waals surface area contributed by atoms with E-state index in [1.807, 2.05) is 18.2 Å². The minimum Gasteiger partial charge on any atom is -0.413 e. The van der Waals surface area contributed by atoms with Crippen LogP contribution in [0.15, 0.2) is 103 Å². The van der Waals surface area contributed by atoms with Gasteiger partial charge in [-0.2, -0.15) is 0 Å². The zero-order valence-corrected chi connectivity index (χ0v) is 21.1. The molecule has 0 unspecified atom stereocenters. The highest BCUT2D eigenvalue weighted by molar-refractivity contribution is 6.74. The van der Waals surface area contributed by atoms with Crippen LogP contribution in [0.1, 0.15) is 37.5 Å². The molecular formula is C29H36O2Si. The number of hydrogen-bond acceptors (Lipinski definition) is 2. The second-order valence-electron chi connectivity index (χ2n) is 9.87. The summed E-state index contributed by atoms with van der Waals surface area (Å²) in [5.41, 5.74) is 3.49. The smallest absolute Gasteiger partial charge is 0.192 e. The van der Waals surface area contributed by atoms with Crippen molar-refractivity contribution < 1.29 is 9.16 Å². The lowest BCUT2D eigenvalue weighted by atomic mass is 9.80. The van der Waals surface area contributed by atoms with Crippen molar-refractivity contribution in [1.82, 2.24) is 0 Å². The van der Waals surface area contributed by atoms with Gasteiger partial charge in [-0.3, -0.25) is 0 Å². The first-order valence-corrected chi connectivity index (χ1v) is 14.2. The summed E-state index contributed by atoms with van der Waals surface area (Å²) in [6, 6.07) is 31.3. The summed E-state index contributed by atoms with van der Waals surface area (Å²) < 4.78 is 13.2. The van der Waals surface area contributed by atoms with Crippen LogP contribution in [-0.2, 0) is 14.8 Å². The second kappa shape index (κ2) is 9.99. The third-order valence-electron chi connectivity index (χ3n) is 6.48. The predicted octanol–water partition coefficient (Wildman–Crippen LogP) is 7.57. The molecule has 3 heteroatoms. The van der Waals surface area contributed by atoms with Crippen molar-refractivity contribution in [2.75, 3.05) is 13.2 Å². The Morgan fingerprint density at radius 1 is 0.688 bits per heavy atom. The monoisotopic (exact) mass is 444 g/mol. The molecule has 0 aliphatic carbocycles. The summed E-state index contributed by atoms with van der Waals surface area (Å²) >= 11 is 0. The van der Waals surface area contributed by atoms with Crippen molar-refractivity contribution in [3.8, 4) is 0 Å². The standard InChI is InChI=1S/C29H36O2Si/c1-24(23-31-32(5,6)28(2,3)4)22-30-29(25-16-10-7-11-17-25,26-18-12-8-13-19-26)27-20-14-9-15-21-27/h7-21H,1,22-23H2,2-6H3. The molecule has 0 aliphatic rings. The maximum absolute atomic E-state index is 6.84. The summed E-state index contributed by atoms with van der Waals surface area (Å²) in [5, 5.41) is 0.163. The molecule has 3 aromatic carbocycles. The molecule has 0 fully saturated rings. The number of benzene rings is 3. The van der Waals surface area contributed by atoms with Gasteiger partial charge in [0.15, 0.2) is 8.32 Å². The molecule has 0 aromatic heterocycles. The molecule has 0 spiro atoms. The van der Waals surface area contributed by atoms with E-state index in [1.165, 1.54) is 0 Å². The Hall–Kier alpha value is -2.46. The van der Waals surface area contributed by atoms with Crippen molar-refractivity contribution in [2.24, 2.45) is 0 Å². The Bertz CT molecular complexity index is 893. The minimum absolute atomic E-state index is 0.163. The van der Waals surface area contributed by atoms with E-state index in [9.17, 15) is 0 Å². The Morgan fingerprint density at radius 2 is 1.06 bits per heavy atom. The molecule has 0 radical (unpaired) electrons. The third-order valence-corrected chi connectivity index (χ3v) is 11.0. The van der Waals surface area contributed by atoms with E-state index in [0.29, 0.717) is 13.2 Å². The summed E-state index contributed by atoms with van der Waals surface area (Å²) in [7, 11) is -1.85. The van der Waals surface area contributed by atoms with Crippen molar-refractivity contribution in [1.29, 1.82) is 0 Å². The summed E-state index contributed by atoms with van der Waals surface area (Å²) in [6.07, 6.45) is 0. The van der Waals surface area contributed by atoms with Gasteiger partial charge in [0.2, 0.25) is 0 Å². The largest absolute Gasteiger partial charge is 0.413 e. The molecule has 0 aliphatic heterocycles. The Kier molecular flexibility index (Phi) is 7.55. The molecule has 0 amide bonds. The average Bonchev–Trinajstić information content (AvgIpc) is 2.79. The maximum Gasteiger partial charge on any atom is 0.192 e. The molecule has 0 atom stereocenters. The lowest BCUT2D eigenvalue weighted by molar-refractivity contribution is 0.0248. The van der Waals surface area contributed by atoms with Gasteiger partial charge in [-0.05, 0) is 40.4 Å². The first kappa shape index (κ1) is 24.2. The Morgan fingerprint density at radius 3 is 1.41 bits per heavy atom. The fourth-order valence-corrected chi connectivity index (χ4v) is 4.52. The topological polar surface area (TPSA) is 18.5 Å². The molecule has 32 heavy (non-hydrogen) atoms. The lowest BCUT2D eigenvalue weighted by Crippen LogP contribution is -2.41. The Labute approximate surface area is 195 Å². The fourth-order valence-electron chi connectivity index (χ4n) is 3.52. The van der Waals surface area contributed by atoms with Crippen LogP contribution in [-0.4, -0.2) is 21.5 Å². The molecule has 3 aromatic rings. The third kappa shape index (κ3) is 5.29. The van der Waals surface area contributed by atoms with Crippen LogP contribution in [0.25, 0.3) is 0 Å². The van der Waals surface area contributed by atoms with Crippen molar-refractivity contribution in [2.45, 2.75) is 44.5 Å². The van der Waals surface area contributed by atoms with Crippen LogP contribution in [0.4, 0.5) is 0 Å². The first-order valence-electron chi connectivity index (χ1n) is 11.3. The van der Waals surface area contributed by atoms with Gasteiger partial charge in [0.05, 0.1) is 13.2 Å². The van der Waals surface area contributed by atoms with E-state index >= 15 is 0 Å². The van der Waals surface area contributed by atoms with Gasteiger partial charge in [-0.25, -0.2) is 0 Å². The van der Waals surface area contributed by atoms with Crippen LogP contribution >= 0.6 is 0 Å². The highest BCUT2D eigenvalue weighted by Crippen LogP contribution is 2.41. The molecular weight excluding hydrogens is 408 g/mol. The van der Waals surface area contributed by atoms with Crippen LogP contribution in [0.2, 0.25) is 18.1 Å². The van der Waals surface area contributed by atoms with E-state index < -0.39 is 13.9 Å². The second-order valence-corrected chi connectivity index (χ2v) is 14.7. The lowest BCUT2D eigenvalue weighted by Gasteiger charge is -2.38. The van der Waals surface area contributed by atoms with E-state index in [0.717, 1.165) is 22.3 Å². The highest BCUT2D eigenvalue weighted by Gasteiger charge is 2.39. The van der Waals surface area contributed by atoms with Gasteiger partial charge in [0.1, 0.15) is 5.60 Å². The SMILES string of the molecule is C=C(COC(c1ccccc1)(c1ccccc1)c1ccccc1)CO[Si](C)(C)C(C)(C)C. The summed E-state index contributed by atoms with van der Waals surface area (Å²) in [5.74, 6) is 0. The van der Waals surface area contributed by atoms with Gasteiger partial charge in [0, 0.05) is 0 Å². The zero-order chi connectivity index (χ0) is 23.2. The van der Waals surface area contributed by atoms with E-state index in [1.54, 1.807) is 0 Å². The number of rotatable bonds is 9. The average molecular weight is 445 g/mol. The zero-order valence-electron chi connectivity index (χ0n) is 20.1. The number of hydrogen-bond donors (Lipinski definition) is 0. The minimum atomic E-state index is -1.85. The van der Waals surface area contributed by atoms with Gasteiger partial charge in [-0.15, -0.1) is 0 Å². The van der Waals surface area contributed by atoms with Crippen molar-refractivity contribution >= 4 is 8.32 Å². The Balaban J connectivity index is 1.95. The van der Waals surface area contributed by atoms with E-state index in [-0.39, 0.29) is 5.04 Å². The number of ether oxygens (including phenoxy) is 1. The first-order chi connectivity index (χ1) is 15.2. The molecule has 0 heterocycles. The van der Waals surface area contributed by atoms with Crippen LogP contribution in [0.5, 0.6) is 0 Å². The predicted molar refractivity (Wildman–Crippen MR) is 137 cm³/mol. The van der Waals surface area contributed by atoms with Crippen LogP contribution < -0.4 is 0 Å². The van der Waals surface area contributed by atoms with Gasteiger partial charge < -0.3 is 9.16 Å². The molecule has 168 valence electrons. The van der Waals surface area contributed by atoms with Crippen LogP contribution in [0, 0.1) is 0 Å². The summed E-state index contributed by atoms with van der Waals surface area (Å²) in [6.45, 7) is 16.5. The normalized spacial score (nSPS) is 12.5. The maximum atomic E-state index is 6.84. The van der Waals surface area contributed by atoms with Gasteiger partial charge in [-0.1, -0.05) is 118 Å². The van der Waals surface area contributed by atoms with Gasteiger partial charge >= 0.3 is 0 Å². The van der Waals surface area contributed by atoms with Gasteiger partial charge in [0.25, 0.3) is 0 Å². The molecule has 0 saturated carbocycles. The molecule has 0 saturated heterocycles. The molecule has 0 bridgehead atoms. The van der Waals surface area contributed by atoms with Crippen LogP contribution in [0.3, 0.4) is 0 Å². The molecule has 0 N–H and O–H groups in total. The highest BCUT2D eigenvalue weighted by atomic mass is 28.4. The fraction of sp³-hybridized carbons (Fsp3) is 0.310. The molecule has 2 nitrogen and oxygen atoms in total. The quantitative estimate of drug-likeness (QED) is 0.192. The van der Waals surface area contributed by atoms with Crippen molar-refractivity contribution in [3.63, 3.8) is 0 Å². The van der Waals surface area contributed by atoms with E-state index in [2.05, 4.69) is 113 Å². The summed E-state index contributed by atoms with van der Waals surface area (Å²) in [4.78, 5) is 0.